The van der Waals surface area contributed by atoms with Crippen LogP contribution >= 0.6 is 27.3 Å². The van der Waals surface area contributed by atoms with Gasteiger partial charge in [0.2, 0.25) is 0 Å². The highest BCUT2D eigenvalue weighted by Crippen LogP contribution is 2.07. The van der Waals surface area contributed by atoms with Crippen molar-refractivity contribution in [3.63, 3.8) is 0 Å². The molecular weight excluding hydrogens is 264 g/mol. The number of halogens is 1. The van der Waals surface area contributed by atoms with Crippen LogP contribution in [0.1, 0.15) is 10.6 Å². The number of nitrogens with zero attached hydrogens (tertiary/aromatic N) is 4. The fourth-order valence-corrected chi connectivity index (χ4v) is 2.10. The molecule has 4 nitrogen and oxygen atoms in total. The lowest BCUT2D eigenvalue weighted by molar-refractivity contribution is 0.655. The second-order valence-corrected chi connectivity index (χ2v) is 4.58. The lowest BCUT2D eigenvalue weighted by Crippen LogP contribution is -1.98. The number of aryl methyl sites for hydroxylation is 1. The van der Waals surface area contributed by atoms with E-state index in [9.17, 15) is 0 Å². The van der Waals surface area contributed by atoms with Crippen LogP contribution in [0.5, 0.6) is 0 Å². The van der Waals surface area contributed by atoms with Crippen molar-refractivity contribution in [3.05, 3.63) is 28.5 Å². The Hall–Kier alpha value is -0.750. The van der Waals surface area contributed by atoms with Crippen molar-refractivity contribution in [1.82, 2.24) is 20.0 Å². The zero-order valence-electron chi connectivity index (χ0n) is 7.43. The Labute approximate surface area is 94.1 Å². The second-order valence-electron chi connectivity index (χ2n) is 2.81. The molecule has 0 atom stereocenters. The monoisotopic (exact) mass is 272 g/mol. The first-order valence-electron chi connectivity index (χ1n) is 4.21. The van der Waals surface area contributed by atoms with Gasteiger partial charge < -0.3 is 0 Å². The summed E-state index contributed by atoms with van der Waals surface area (Å²) >= 11 is 5.00. The first-order chi connectivity index (χ1) is 6.88. The van der Waals surface area contributed by atoms with Gasteiger partial charge in [-0.25, -0.2) is 4.68 Å². The van der Waals surface area contributed by atoms with Crippen molar-refractivity contribution in [2.45, 2.75) is 13.0 Å². The van der Waals surface area contributed by atoms with E-state index in [2.05, 4.69) is 31.2 Å². The van der Waals surface area contributed by atoms with Crippen LogP contribution in [-0.2, 0) is 13.0 Å². The largest absolute Gasteiger partial charge is 0.253 e. The van der Waals surface area contributed by atoms with E-state index in [4.69, 9.17) is 0 Å². The maximum absolute atomic E-state index is 4.05. The summed E-state index contributed by atoms with van der Waals surface area (Å²) in [5.41, 5.74) is 2.84. The molecule has 0 amide bonds. The average molecular weight is 273 g/mol. The molecule has 2 aromatic rings. The molecule has 0 N–H and O–H groups in total. The molecule has 0 spiro atoms. The highest BCUT2D eigenvalue weighted by molar-refractivity contribution is 9.09. The molecule has 0 bridgehead atoms. The maximum atomic E-state index is 4.05. The summed E-state index contributed by atoms with van der Waals surface area (Å²) in [6.45, 7) is 0.764. The quantitative estimate of drug-likeness (QED) is 0.797. The molecule has 0 saturated carbocycles. The fraction of sp³-hybridized carbons (Fsp3) is 0.375. The van der Waals surface area contributed by atoms with Gasteiger partial charge in [0, 0.05) is 29.0 Å². The number of alkyl halides is 1. The molecule has 0 radical (unpaired) electrons. The first kappa shape index (κ1) is 9.79. The van der Waals surface area contributed by atoms with E-state index >= 15 is 0 Å². The van der Waals surface area contributed by atoms with Gasteiger partial charge in [0.25, 0.3) is 0 Å². The van der Waals surface area contributed by atoms with E-state index < -0.39 is 0 Å². The molecule has 0 aliphatic carbocycles. The van der Waals surface area contributed by atoms with Crippen LogP contribution in [0.4, 0.5) is 0 Å². The van der Waals surface area contributed by atoms with Gasteiger partial charge in [0.1, 0.15) is 0 Å². The molecule has 0 aromatic carbocycles. The fourth-order valence-electron chi connectivity index (χ4n) is 1.11. The average Bonchev–Trinajstić information content (AvgIpc) is 2.79. The third-order valence-corrected chi connectivity index (χ3v) is 2.90. The van der Waals surface area contributed by atoms with Crippen molar-refractivity contribution in [1.29, 1.82) is 0 Å². The predicted molar refractivity (Wildman–Crippen MR) is 58.7 cm³/mol. The Morgan fingerprint density at radius 1 is 1.50 bits per heavy atom. The normalized spacial score (nSPS) is 10.6. The lowest BCUT2D eigenvalue weighted by Gasteiger charge is -1.93. The SMILES string of the molecule is BrCCc1cn(Cc2cncs2)nn1. The summed E-state index contributed by atoms with van der Waals surface area (Å²) in [5, 5.41) is 9.01. The van der Waals surface area contributed by atoms with Gasteiger partial charge in [-0.05, 0) is 0 Å². The maximum Gasteiger partial charge on any atom is 0.0835 e. The number of rotatable bonds is 4. The van der Waals surface area contributed by atoms with Crippen LogP contribution in [0.3, 0.4) is 0 Å². The van der Waals surface area contributed by atoms with Crippen LogP contribution in [0, 0.1) is 0 Å². The van der Waals surface area contributed by atoms with Gasteiger partial charge in [0.15, 0.2) is 0 Å². The lowest BCUT2D eigenvalue weighted by atomic mass is 10.4. The third-order valence-electron chi connectivity index (χ3n) is 1.74. The van der Waals surface area contributed by atoms with Crippen molar-refractivity contribution >= 4 is 27.3 Å². The Kier molecular flexibility index (Phi) is 3.26. The van der Waals surface area contributed by atoms with Crippen LogP contribution in [-0.4, -0.2) is 25.3 Å². The van der Waals surface area contributed by atoms with Crippen LogP contribution < -0.4 is 0 Å². The standard InChI is InChI=1S/C8H9BrN4S/c9-2-1-7-4-13(12-11-7)5-8-3-10-6-14-8/h3-4,6H,1-2,5H2. The molecule has 14 heavy (non-hydrogen) atoms. The minimum atomic E-state index is 0.764. The minimum absolute atomic E-state index is 0.764. The van der Waals surface area contributed by atoms with Gasteiger partial charge >= 0.3 is 0 Å². The smallest absolute Gasteiger partial charge is 0.0835 e. The summed E-state index contributed by atoms with van der Waals surface area (Å²) < 4.78 is 1.84. The molecule has 6 heteroatoms. The van der Waals surface area contributed by atoms with Crippen LogP contribution in [0.15, 0.2) is 17.9 Å². The molecule has 0 unspecified atom stereocenters. The van der Waals surface area contributed by atoms with Gasteiger partial charge in [-0.2, -0.15) is 0 Å². The molecule has 2 rings (SSSR count). The van der Waals surface area contributed by atoms with Crippen molar-refractivity contribution in [2.75, 3.05) is 5.33 Å². The van der Waals surface area contributed by atoms with Crippen LogP contribution in [0.25, 0.3) is 0 Å². The summed E-state index contributed by atoms with van der Waals surface area (Å²) in [6.07, 6.45) is 4.75. The topological polar surface area (TPSA) is 43.6 Å². The second kappa shape index (κ2) is 4.65. The van der Waals surface area contributed by atoms with Crippen LogP contribution in [0.2, 0.25) is 0 Å². The summed E-state index contributed by atoms with van der Waals surface area (Å²) in [6, 6.07) is 0. The van der Waals surface area contributed by atoms with E-state index in [0.29, 0.717) is 0 Å². The van der Waals surface area contributed by atoms with Crippen molar-refractivity contribution in [3.8, 4) is 0 Å². The van der Waals surface area contributed by atoms with E-state index in [1.165, 1.54) is 4.88 Å². The van der Waals surface area contributed by atoms with E-state index in [-0.39, 0.29) is 0 Å². The van der Waals surface area contributed by atoms with Crippen molar-refractivity contribution < 1.29 is 0 Å². The summed E-state index contributed by atoms with van der Waals surface area (Å²) in [4.78, 5) is 5.21. The number of hydrogen-bond donors (Lipinski definition) is 0. The first-order valence-corrected chi connectivity index (χ1v) is 6.21. The van der Waals surface area contributed by atoms with Crippen molar-refractivity contribution in [2.24, 2.45) is 0 Å². The molecule has 2 heterocycles. The molecule has 0 fully saturated rings. The van der Waals surface area contributed by atoms with Gasteiger partial charge in [0.05, 0.1) is 17.7 Å². The van der Waals surface area contributed by atoms with E-state index in [1.54, 1.807) is 11.3 Å². The Bertz CT molecular complexity index is 384. The number of thiazole rings is 1. The predicted octanol–water partition coefficient (Wildman–Crippen LogP) is 1.72. The third kappa shape index (κ3) is 2.39. The van der Waals surface area contributed by atoms with E-state index in [1.807, 2.05) is 22.6 Å². The molecule has 0 aliphatic heterocycles. The molecule has 0 saturated heterocycles. The molecular formula is C8H9BrN4S. The van der Waals surface area contributed by atoms with Gasteiger partial charge in [-0.15, -0.1) is 16.4 Å². The summed E-state index contributed by atoms with van der Waals surface area (Å²) in [5.74, 6) is 0. The molecule has 2 aromatic heterocycles. The Balaban J connectivity index is 2.03. The highest BCUT2D eigenvalue weighted by Gasteiger charge is 2.01. The summed E-state index contributed by atoms with van der Waals surface area (Å²) in [7, 11) is 0. The highest BCUT2D eigenvalue weighted by atomic mass is 79.9. The minimum Gasteiger partial charge on any atom is -0.253 e. The Morgan fingerprint density at radius 3 is 3.14 bits per heavy atom. The number of aromatic nitrogens is 4. The Morgan fingerprint density at radius 2 is 2.43 bits per heavy atom. The molecule has 74 valence electrons. The zero-order chi connectivity index (χ0) is 9.80. The van der Waals surface area contributed by atoms with E-state index in [0.717, 1.165) is 24.0 Å². The number of hydrogen-bond acceptors (Lipinski definition) is 4. The van der Waals surface area contributed by atoms with Gasteiger partial charge in [-0.3, -0.25) is 4.98 Å². The van der Waals surface area contributed by atoms with Gasteiger partial charge in [-0.1, -0.05) is 21.1 Å². The zero-order valence-corrected chi connectivity index (χ0v) is 9.83. The molecule has 0 aliphatic rings.